The van der Waals surface area contributed by atoms with E-state index < -0.39 is 41.6 Å². The summed E-state index contributed by atoms with van der Waals surface area (Å²) < 4.78 is 86.3. The molecule has 3 aromatic heterocycles. The predicted molar refractivity (Wildman–Crippen MR) is 138 cm³/mol. The molecule has 0 aliphatic carbocycles. The molecule has 0 spiro atoms. The van der Waals surface area contributed by atoms with E-state index in [1.54, 1.807) is 13.8 Å². The lowest BCUT2D eigenvalue weighted by molar-refractivity contribution is -0.0523. The molecule has 0 radical (unpaired) electrons. The number of hydrogen-bond acceptors (Lipinski definition) is 10. The largest absolute Gasteiger partial charge is 0.377 e. The zero-order valence-corrected chi connectivity index (χ0v) is 23.8. The molecular formula is C21H25ClF2N6O5S3. The number of rotatable bonds is 7. The van der Waals surface area contributed by atoms with Gasteiger partial charge in [0, 0.05) is 25.5 Å². The Morgan fingerprint density at radius 3 is 2.34 bits per heavy atom. The van der Waals surface area contributed by atoms with Crippen molar-refractivity contribution in [3.8, 4) is 10.8 Å². The van der Waals surface area contributed by atoms with Gasteiger partial charge in [0.2, 0.25) is 10.0 Å². The fourth-order valence-corrected chi connectivity index (χ4v) is 7.79. The number of hydrogen-bond donors (Lipinski definition) is 1. The van der Waals surface area contributed by atoms with Gasteiger partial charge in [0.25, 0.3) is 6.43 Å². The Kier molecular flexibility index (Phi) is 6.75. The SMILES string of the molecule is CC1(NS(=O)(=O)c2cc(N3CCC(C)(S(C)(=O)=O)CC3)c3c(Cl)nc(-c4nnc(C(F)F)s4)n3c2)COC1. The van der Waals surface area contributed by atoms with E-state index in [0.29, 0.717) is 48.5 Å². The minimum absolute atomic E-state index is 0.0107. The Labute approximate surface area is 227 Å². The van der Waals surface area contributed by atoms with Gasteiger partial charge in [0.15, 0.2) is 30.8 Å². The van der Waals surface area contributed by atoms with Crippen LogP contribution in [0.1, 0.15) is 38.1 Å². The number of anilines is 1. The molecule has 38 heavy (non-hydrogen) atoms. The van der Waals surface area contributed by atoms with Crippen molar-refractivity contribution in [3.05, 3.63) is 22.4 Å². The molecule has 0 aromatic carbocycles. The molecule has 2 fully saturated rings. The van der Waals surface area contributed by atoms with Crippen molar-refractivity contribution in [3.63, 3.8) is 0 Å². The Morgan fingerprint density at radius 2 is 1.82 bits per heavy atom. The standard InChI is InChI=1S/C21H25ClF2N6O5S3/c1-20(10-35-11-20)28-38(33,34)12-8-13(29-6-4-21(2,5-7-29)37(3,31)32)14-15(22)25-17(30(14)9-12)19-27-26-18(36-19)16(23)24/h8-9,16,28H,4-7,10-11H2,1-3H3. The van der Waals surface area contributed by atoms with Crippen molar-refractivity contribution in [2.75, 3.05) is 37.5 Å². The van der Waals surface area contributed by atoms with Gasteiger partial charge < -0.3 is 9.64 Å². The maximum absolute atomic E-state index is 13.4. The van der Waals surface area contributed by atoms with Gasteiger partial charge in [-0.15, -0.1) is 10.2 Å². The molecule has 2 aliphatic rings. The van der Waals surface area contributed by atoms with Gasteiger partial charge in [-0.3, -0.25) is 4.40 Å². The van der Waals surface area contributed by atoms with Gasteiger partial charge in [-0.1, -0.05) is 22.9 Å². The van der Waals surface area contributed by atoms with E-state index in [4.69, 9.17) is 16.3 Å². The second kappa shape index (κ2) is 9.30. The van der Waals surface area contributed by atoms with Crippen molar-refractivity contribution >= 4 is 54.0 Å². The Bertz CT molecular complexity index is 1610. The van der Waals surface area contributed by atoms with E-state index in [0.717, 1.165) is 0 Å². The van der Waals surface area contributed by atoms with E-state index >= 15 is 0 Å². The monoisotopic (exact) mass is 610 g/mol. The van der Waals surface area contributed by atoms with E-state index in [1.807, 2.05) is 4.90 Å². The Balaban J connectivity index is 1.65. The molecule has 0 saturated carbocycles. The molecule has 1 N–H and O–H groups in total. The highest BCUT2D eigenvalue weighted by Gasteiger charge is 2.41. The van der Waals surface area contributed by atoms with E-state index in [9.17, 15) is 25.6 Å². The molecule has 2 aliphatic heterocycles. The minimum Gasteiger partial charge on any atom is -0.377 e. The molecule has 5 heterocycles. The summed E-state index contributed by atoms with van der Waals surface area (Å²) in [6.45, 7) is 4.46. The molecule has 208 valence electrons. The van der Waals surface area contributed by atoms with Crippen molar-refractivity contribution in [2.24, 2.45) is 0 Å². The van der Waals surface area contributed by atoms with E-state index in [2.05, 4.69) is 19.9 Å². The highest BCUT2D eigenvalue weighted by molar-refractivity contribution is 7.92. The number of sulfonamides is 1. The summed E-state index contributed by atoms with van der Waals surface area (Å²) in [5.41, 5.74) is -0.0201. The molecule has 5 rings (SSSR count). The first-order valence-electron chi connectivity index (χ1n) is 11.5. The van der Waals surface area contributed by atoms with E-state index in [-0.39, 0.29) is 34.1 Å². The van der Waals surface area contributed by atoms with Crippen LogP contribution in [0.3, 0.4) is 0 Å². The first-order chi connectivity index (χ1) is 17.6. The summed E-state index contributed by atoms with van der Waals surface area (Å²) in [6, 6.07) is 1.46. The molecule has 0 unspecified atom stereocenters. The van der Waals surface area contributed by atoms with Gasteiger partial charge >= 0.3 is 0 Å². The van der Waals surface area contributed by atoms with Crippen LogP contribution in [0.15, 0.2) is 17.2 Å². The zero-order chi connectivity index (χ0) is 27.7. The van der Waals surface area contributed by atoms with Crippen LogP contribution < -0.4 is 9.62 Å². The molecule has 3 aromatic rings. The first kappa shape index (κ1) is 27.6. The molecule has 0 bridgehead atoms. The topological polar surface area (TPSA) is 136 Å². The number of alkyl halides is 2. The van der Waals surface area contributed by atoms with Crippen LogP contribution in [0.5, 0.6) is 0 Å². The smallest absolute Gasteiger partial charge is 0.291 e. The zero-order valence-electron chi connectivity index (χ0n) is 20.6. The molecule has 11 nitrogen and oxygen atoms in total. The summed E-state index contributed by atoms with van der Waals surface area (Å²) in [5, 5.41) is 6.87. The van der Waals surface area contributed by atoms with Crippen LogP contribution in [-0.2, 0) is 24.6 Å². The first-order valence-corrected chi connectivity index (χ1v) is 16.1. The van der Waals surface area contributed by atoms with Crippen LogP contribution >= 0.6 is 22.9 Å². The lowest BCUT2D eigenvalue weighted by Gasteiger charge is -2.40. The number of piperidine rings is 1. The highest BCUT2D eigenvalue weighted by Crippen LogP contribution is 2.39. The van der Waals surface area contributed by atoms with Gasteiger partial charge in [-0.05, 0) is 32.8 Å². The molecule has 0 atom stereocenters. The van der Waals surface area contributed by atoms with Gasteiger partial charge in [-0.25, -0.2) is 35.3 Å². The fourth-order valence-electron chi connectivity index (χ4n) is 4.52. The molecule has 17 heteroatoms. The van der Waals surface area contributed by atoms with Crippen molar-refractivity contribution in [2.45, 2.75) is 48.3 Å². The summed E-state index contributed by atoms with van der Waals surface area (Å²) in [4.78, 5) is 6.06. The van der Waals surface area contributed by atoms with Crippen LogP contribution in [0.2, 0.25) is 5.15 Å². The number of nitrogens with one attached hydrogen (secondary N) is 1. The fraction of sp³-hybridized carbons (Fsp3) is 0.571. The number of imidazole rings is 1. The summed E-state index contributed by atoms with van der Waals surface area (Å²) in [7, 11) is -7.40. The maximum Gasteiger partial charge on any atom is 0.291 e. The number of fused-ring (bicyclic) bond motifs is 1. The Morgan fingerprint density at radius 1 is 1.16 bits per heavy atom. The van der Waals surface area contributed by atoms with Crippen molar-refractivity contribution in [1.29, 1.82) is 0 Å². The average molecular weight is 611 g/mol. The number of ether oxygens (including phenoxy) is 1. The predicted octanol–water partition coefficient (Wildman–Crippen LogP) is 2.91. The van der Waals surface area contributed by atoms with Crippen LogP contribution in [0.4, 0.5) is 14.5 Å². The van der Waals surface area contributed by atoms with Gasteiger partial charge in [-0.2, -0.15) is 0 Å². The van der Waals surface area contributed by atoms with Crippen molar-refractivity contribution in [1.82, 2.24) is 24.3 Å². The summed E-state index contributed by atoms with van der Waals surface area (Å²) >= 11 is 7.15. The number of nitrogens with zero attached hydrogens (tertiary/aromatic N) is 5. The summed E-state index contributed by atoms with van der Waals surface area (Å²) in [6.07, 6.45) is 0.318. The van der Waals surface area contributed by atoms with Crippen LogP contribution in [0, 0.1) is 0 Å². The highest BCUT2D eigenvalue weighted by atomic mass is 35.5. The second-order valence-electron chi connectivity index (χ2n) is 10.1. The molecule has 2 saturated heterocycles. The lowest BCUT2D eigenvalue weighted by atomic mass is 9.97. The number of aromatic nitrogens is 4. The van der Waals surface area contributed by atoms with Crippen molar-refractivity contribution < 1.29 is 30.4 Å². The normalized spacial score (nSPS) is 19.7. The maximum atomic E-state index is 13.4. The third-order valence-corrected chi connectivity index (χ3v) is 12.0. The van der Waals surface area contributed by atoms with E-state index in [1.165, 1.54) is 22.9 Å². The van der Waals surface area contributed by atoms with Crippen LogP contribution in [-0.4, -0.2) is 79.3 Å². The number of halogens is 3. The van der Waals surface area contributed by atoms with Gasteiger partial charge in [0.1, 0.15) is 10.4 Å². The number of sulfone groups is 1. The number of pyridine rings is 1. The van der Waals surface area contributed by atoms with Crippen LogP contribution in [0.25, 0.3) is 16.3 Å². The quantitative estimate of drug-likeness (QED) is 0.428. The van der Waals surface area contributed by atoms with Gasteiger partial charge in [0.05, 0.1) is 29.2 Å². The third-order valence-electron chi connectivity index (χ3n) is 7.05. The average Bonchev–Trinajstić information content (AvgIpc) is 3.42. The lowest BCUT2D eigenvalue weighted by Crippen LogP contribution is -2.59. The Hall–Kier alpha value is -1.98. The summed E-state index contributed by atoms with van der Waals surface area (Å²) in [5.74, 6) is 0.0591. The molecular weight excluding hydrogens is 586 g/mol. The molecule has 0 amide bonds. The third kappa shape index (κ3) is 4.79. The second-order valence-corrected chi connectivity index (χ2v) is 15.7. The minimum atomic E-state index is -4.07.